The molecule has 0 aromatic carbocycles. The molecule has 0 spiro atoms. The zero-order chi connectivity index (χ0) is 10.3. The van der Waals surface area contributed by atoms with Gasteiger partial charge >= 0.3 is 0 Å². The summed E-state index contributed by atoms with van der Waals surface area (Å²) in [7, 11) is 2.03. The van der Waals surface area contributed by atoms with E-state index in [4.69, 9.17) is 9.47 Å². The first-order chi connectivity index (χ1) is 7.36. The highest BCUT2D eigenvalue weighted by molar-refractivity contribution is 5.59. The van der Waals surface area contributed by atoms with Crippen molar-refractivity contribution in [3.8, 4) is 11.5 Å². The predicted octanol–water partition coefficient (Wildman–Crippen LogP) is 0.846. The summed E-state index contributed by atoms with van der Waals surface area (Å²) in [4.78, 5) is 2.13. The summed E-state index contributed by atoms with van der Waals surface area (Å²) < 4.78 is 11.0. The molecule has 1 aromatic heterocycles. The Bertz CT molecular complexity index is 379. The van der Waals surface area contributed by atoms with Gasteiger partial charge in [0.1, 0.15) is 13.2 Å². The molecule has 0 unspecified atom stereocenters. The van der Waals surface area contributed by atoms with Gasteiger partial charge in [0, 0.05) is 13.1 Å². The fraction of sp³-hybridized carbons (Fsp3) is 0.600. The summed E-state index contributed by atoms with van der Waals surface area (Å²) in [6.45, 7) is 1.18. The minimum Gasteiger partial charge on any atom is -0.484 e. The molecule has 1 aliphatic heterocycles. The standard InChI is InChI=1S/C10H13N3O2/c1-13(7-2-3-7)10-9-8(6-11-12-10)14-4-5-15-9/h6-7H,2-5H2,1H3. The number of anilines is 1. The molecule has 15 heavy (non-hydrogen) atoms. The zero-order valence-electron chi connectivity index (χ0n) is 8.64. The molecule has 1 saturated carbocycles. The van der Waals surface area contributed by atoms with Gasteiger partial charge in [0.15, 0.2) is 11.6 Å². The lowest BCUT2D eigenvalue weighted by Gasteiger charge is -2.24. The van der Waals surface area contributed by atoms with Gasteiger partial charge in [-0.15, -0.1) is 5.10 Å². The minimum absolute atomic E-state index is 0.588. The Labute approximate surface area is 88.0 Å². The highest BCUT2D eigenvalue weighted by Gasteiger charge is 2.31. The molecule has 1 aliphatic carbocycles. The van der Waals surface area contributed by atoms with Crippen LogP contribution >= 0.6 is 0 Å². The normalized spacial score (nSPS) is 18.7. The Morgan fingerprint density at radius 3 is 2.93 bits per heavy atom. The number of aromatic nitrogens is 2. The van der Waals surface area contributed by atoms with Crippen LogP contribution in [0.4, 0.5) is 5.82 Å². The summed E-state index contributed by atoms with van der Waals surface area (Å²) in [5, 5.41) is 8.06. The first kappa shape index (κ1) is 8.76. The number of rotatable bonds is 2. The lowest BCUT2D eigenvalue weighted by Crippen LogP contribution is -2.24. The van der Waals surface area contributed by atoms with Crippen LogP contribution < -0.4 is 14.4 Å². The maximum Gasteiger partial charge on any atom is 0.207 e. The van der Waals surface area contributed by atoms with Crippen molar-refractivity contribution < 1.29 is 9.47 Å². The average Bonchev–Trinajstić information content (AvgIpc) is 3.11. The number of nitrogens with zero attached hydrogens (tertiary/aromatic N) is 3. The van der Waals surface area contributed by atoms with Crippen molar-refractivity contribution in [2.24, 2.45) is 0 Å². The largest absolute Gasteiger partial charge is 0.484 e. The zero-order valence-corrected chi connectivity index (χ0v) is 8.64. The van der Waals surface area contributed by atoms with Crippen molar-refractivity contribution in [1.82, 2.24) is 10.2 Å². The fourth-order valence-electron chi connectivity index (χ4n) is 1.75. The second-order valence-electron chi connectivity index (χ2n) is 3.90. The second-order valence-corrected chi connectivity index (χ2v) is 3.90. The van der Waals surface area contributed by atoms with Crippen LogP contribution in [0.3, 0.4) is 0 Å². The Morgan fingerprint density at radius 1 is 1.33 bits per heavy atom. The van der Waals surface area contributed by atoms with E-state index in [-0.39, 0.29) is 0 Å². The van der Waals surface area contributed by atoms with Gasteiger partial charge in [-0.3, -0.25) is 0 Å². The predicted molar refractivity (Wildman–Crippen MR) is 54.4 cm³/mol. The highest BCUT2D eigenvalue weighted by atomic mass is 16.6. The summed E-state index contributed by atoms with van der Waals surface area (Å²) in [6.07, 6.45) is 4.06. The summed E-state index contributed by atoms with van der Waals surface area (Å²) >= 11 is 0. The molecule has 0 N–H and O–H groups in total. The molecule has 0 amide bonds. The van der Waals surface area contributed by atoms with Crippen LogP contribution in [-0.4, -0.2) is 36.5 Å². The molecule has 1 aromatic rings. The maximum atomic E-state index is 5.58. The molecule has 0 bridgehead atoms. The molecule has 0 radical (unpaired) electrons. The number of hydrogen-bond donors (Lipinski definition) is 0. The van der Waals surface area contributed by atoms with E-state index in [0.717, 1.165) is 11.6 Å². The van der Waals surface area contributed by atoms with Crippen molar-refractivity contribution in [2.75, 3.05) is 25.2 Å². The topological polar surface area (TPSA) is 47.5 Å². The quantitative estimate of drug-likeness (QED) is 0.719. The monoisotopic (exact) mass is 207 g/mol. The Balaban J connectivity index is 1.98. The third kappa shape index (κ3) is 1.48. The smallest absolute Gasteiger partial charge is 0.207 e. The molecule has 0 saturated heterocycles. The van der Waals surface area contributed by atoms with Gasteiger partial charge in [0.25, 0.3) is 0 Å². The molecular formula is C10H13N3O2. The van der Waals surface area contributed by atoms with Crippen LogP contribution in [-0.2, 0) is 0 Å². The van der Waals surface area contributed by atoms with Crippen LogP contribution in [0.5, 0.6) is 11.5 Å². The van der Waals surface area contributed by atoms with Crippen molar-refractivity contribution in [1.29, 1.82) is 0 Å². The highest BCUT2D eigenvalue weighted by Crippen LogP contribution is 2.40. The van der Waals surface area contributed by atoms with Crippen molar-refractivity contribution in [2.45, 2.75) is 18.9 Å². The van der Waals surface area contributed by atoms with Gasteiger partial charge in [-0.05, 0) is 12.8 Å². The Morgan fingerprint density at radius 2 is 2.13 bits per heavy atom. The van der Waals surface area contributed by atoms with Crippen molar-refractivity contribution in [3.63, 3.8) is 0 Å². The van der Waals surface area contributed by atoms with E-state index in [1.807, 2.05) is 7.05 Å². The number of ether oxygens (including phenoxy) is 2. The molecule has 3 rings (SSSR count). The van der Waals surface area contributed by atoms with Gasteiger partial charge in [-0.1, -0.05) is 0 Å². The lowest BCUT2D eigenvalue weighted by molar-refractivity contribution is 0.170. The molecule has 2 aliphatic rings. The molecule has 80 valence electrons. The second kappa shape index (κ2) is 3.25. The van der Waals surface area contributed by atoms with Gasteiger partial charge in [-0.25, -0.2) is 0 Å². The van der Waals surface area contributed by atoms with Crippen LogP contribution in [0.15, 0.2) is 6.20 Å². The minimum atomic E-state index is 0.588. The molecule has 0 atom stereocenters. The van der Waals surface area contributed by atoms with E-state index in [1.54, 1.807) is 6.20 Å². The van der Waals surface area contributed by atoms with Gasteiger partial charge in [0.2, 0.25) is 5.75 Å². The first-order valence-electron chi connectivity index (χ1n) is 5.20. The summed E-state index contributed by atoms with van der Waals surface area (Å²) in [5.41, 5.74) is 0. The SMILES string of the molecule is CN(c1nncc2c1OCCO2)C1CC1. The number of fused-ring (bicyclic) bond motifs is 1. The van der Waals surface area contributed by atoms with Crippen molar-refractivity contribution >= 4 is 5.82 Å². The Kier molecular flexibility index (Phi) is 1.90. The molecular weight excluding hydrogens is 194 g/mol. The maximum absolute atomic E-state index is 5.58. The third-order valence-corrected chi connectivity index (χ3v) is 2.77. The van der Waals surface area contributed by atoms with E-state index < -0.39 is 0 Å². The van der Waals surface area contributed by atoms with Crippen LogP contribution in [0.1, 0.15) is 12.8 Å². The van der Waals surface area contributed by atoms with Gasteiger partial charge < -0.3 is 14.4 Å². The van der Waals surface area contributed by atoms with E-state index >= 15 is 0 Å². The van der Waals surface area contributed by atoms with E-state index in [1.165, 1.54) is 12.8 Å². The molecule has 2 heterocycles. The summed E-state index contributed by atoms with van der Waals surface area (Å²) in [6, 6.07) is 0.594. The van der Waals surface area contributed by atoms with Crippen molar-refractivity contribution in [3.05, 3.63) is 6.20 Å². The first-order valence-corrected chi connectivity index (χ1v) is 5.20. The van der Waals surface area contributed by atoms with Gasteiger partial charge in [-0.2, -0.15) is 5.10 Å². The van der Waals surface area contributed by atoms with Crippen LogP contribution in [0.2, 0.25) is 0 Å². The van der Waals surface area contributed by atoms with E-state index in [9.17, 15) is 0 Å². The lowest BCUT2D eigenvalue weighted by atomic mass is 10.4. The van der Waals surface area contributed by atoms with E-state index in [0.29, 0.717) is 25.0 Å². The Hall–Kier alpha value is -1.52. The molecule has 1 fully saturated rings. The molecule has 5 heteroatoms. The molecule has 5 nitrogen and oxygen atoms in total. The van der Waals surface area contributed by atoms with Crippen LogP contribution in [0, 0.1) is 0 Å². The number of hydrogen-bond acceptors (Lipinski definition) is 5. The third-order valence-electron chi connectivity index (χ3n) is 2.77. The van der Waals surface area contributed by atoms with E-state index in [2.05, 4.69) is 15.1 Å². The van der Waals surface area contributed by atoms with Gasteiger partial charge in [0.05, 0.1) is 6.20 Å². The summed E-state index contributed by atoms with van der Waals surface area (Å²) in [5.74, 6) is 2.25. The average molecular weight is 207 g/mol. The van der Waals surface area contributed by atoms with Crippen LogP contribution in [0.25, 0.3) is 0 Å². The fourth-order valence-corrected chi connectivity index (χ4v) is 1.75.